The van der Waals surface area contributed by atoms with E-state index in [0.29, 0.717) is 25.4 Å². The van der Waals surface area contributed by atoms with Gasteiger partial charge in [0.05, 0.1) is 12.0 Å². The van der Waals surface area contributed by atoms with Crippen LogP contribution in [-0.2, 0) is 16.6 Å². The lowest BCUT2D eigenvalue weighted by molar-refractivity contribution is 0.407. The van der Waals surface area contributed by atoms with Crippen molar-refractivity contribution in [2.45, 2.75) is 25.3 Å². The van der Waals surface area contributed by atoms with Crippen molar-refractivity contribution in [1.29, 1.82) is 0 Å². The Balaban J connectivity index is 3.24. The molecule has 5 nitrogen and oxygen atoms in total. The Kier molecular flexibility index (Phi) is 6.39. The number of sulfonamides is 1. The molecule has 118 valence electrons. The summed E-state index contributed by atoms with van der Waals surface area (Å²) in [7, 11) is -0.146. The maximum absolute atomic E-state index is 12.7. The predicted molar refractivity (Wildman–Crippen MR) is 85.0 cm³/mol. The Morgan fingerprint density at radius 2 is 2.10 bits per heavy atom. The summed E-state index contributed by atoms with van der Waals surface area (Å²) in [6, 6.07) is 4.92. The first-order valence-corrected chi connectivity index (χ1v) is 8.26. The third-order valence-corrected chi connectivity index (χ3v) is 4.97. The van der Waals surface area contributed by atoms with Crippen LogP contribution in [0.1, 0.15) is 19.4 Å². The second-order valence-corrected chi connectivity index (χ2v) is 6.83. The molecule has 6 heteroatoms. The van der Waals surface area contributed by atoms with Gasteiger partial charge in [-0.25, -0.2) is 8.42 Å². The third-order valence-electron chi connectivity index (χ3n) is 3.06. The minimum atomic E-state index is -3.52. The Hall–Kier alpha value is -1.37. The molecule has 21 heavy (non-hydrogen) atoms. The van der Waals surface area contributed by atoms with Crippen LogP contribution in [0.25, 0.3) is 0 Å². The highest BCUT2D eigenvalue weighted by atomic mass is 32.2. The molecule has 0 amide bonds. The SMILES string of the molecule is C=C(C)CN(CC)S(=O)(=O)c1ccc(OC)c(CNC)c1. The first-order chi connectivity index (χ1) is 9.86. The van der Waals surface area contributed by atoms with E-state index in [-0.39, 0.29) is 4.90 Å². The maximum atomic E-state index is 12.7. The number of hydrogen-bond donors (Lipinski definition) is 1. The van der Waals surface area contributed by atoms with Crippen LogP contribution in [0.2, 0.25) is 0 Å². The van der Waals surface area contributed by atoms with E-state index < -0.39 is 10.0 Å². The number of methoxy groups -OCH3 is 1. The molecule has 0 aliphatic heterocycles. The molecule has 0 aliphatic carbocycles. The molecule has 1 N–H and O–H groups in total. The summed E-state index contributed by atoms with van der Waals surface area (Å²) in [4.78, 5) is 0.275. The predicted octanol–water partition coefficient (Wildman–Crippen LogP) is 2.00. The lowest BCUT2D eigenvalue weighted by Crippen LogP contribution is -2.32. The molecule has 0 saturated heterocycles. The van der Waals surface area contributed by atoms with Gasteiger partial charge in [-0.05, 0) is 32.2 Å². The van der Waals surface area contributed by atoms with Crippen LogP contribution >= 0.6 is 0 Å². The molecule has 0 radical (unpaired) electrons. The van der Waals surface area contributed by atoms with Crippen LogP contribution in [-0.4, -0.2) is 40.0 Å². The van der Waals surface area contributed by atoms with E-state index in [1.54, 1.807) is 32.4 Å². The fourth-order valence-electron chi connectivity index (χ4n) is 2.06. The van der Waals surface area contributed by atoms with Crippen molar-refractivity contribution < 1.29 is 13.2 Å². The zero-order valence-corrected chi connectivity index (χ0v) is 14.0. The number of nitrogens with one attached hydrogen (secondary N) is 1. The summed E-state index contributed by atoms with van der Waals surface area (Å²) in [5.74, 6) is 0.672. The first kappa shape index (κ1) is 17.7. The second-order valence-electron chi connectivity index (χ2n) is 4.89. The zero-order chi connectivity index (χ0) is 16.0. The van der Waals surface area contributed by atoms with E-state index in [1.807, 2.05) is 13.8 Å². The molecular weight excluding hydrogens is 288 g/mol. The smallest absolute Gasteiger partial charge is 0.243 e. The molecule has 0 fully saturated rings. The first-order valence-electron chi connectivity index (χ1n) is 6.82. The Morgan fingerprint density at radius 1 is 1.43 bits per heavy atom. The molecule has 0 heterocycles. The fourth-order valence-corrected chi connectivity index (χ4v) is 3.62. The quantitative estimate of drug-likeness (QED) is 0.746. The van der Waals surface area contributed by atoms with Crippen LogP contribution in [0.5, 0.6) is 5.75 Å². The number of rotatable bonds is 8. The number of benzene rings is 1. The van der Waals surface area contributed by atoms with Gasteiger partial charge in [0.1, 0.15) is 5.75 Å². The topological polar surface area (TPSA) is 58.6 Å². The molecule has 1 aromatic carbocycles. The molecule has 0 atom stereocenters. The number of ether oxygens (including phenoxy) is 1. The summed E-state index contributed by atoms with van der Waals surface area (Å²) in [6.45, 7) is 8.70. The van der Waals surface area contributed by atoms with Gasteiger partial charge in [0.15, 0.2) is 0 Å². The molecule has 0 spiro atoms. The fraction of sp³-hybridized carbons (Fsp3) is 0.467. The van der Waals surface area contributed by atoms with E-state index in [0.717, 1.165) is 11.1 Å². The van der Waals surface area contributed by atoms with E-state index >= 15 is 0 Å². The molecule has 1 rings (SSSR count). The largest absolute Gasteiger partial charge is 0.496 e. The molecule has 0 unspecified atom stereocenters. The van der Waals surface area contributed by atoms with Gasteiger partial charge in [-0.3, -0.25) is 0 Å². The van der Waals surface area contributed by atoms with Crippen molar-refractivity contribution in [3.63, 3.8) is 0 Å². The van der Waals surface area contributed by atoms with E-state index in [2.05, 4.69) is 11.9 Å². The van der Waals surface area contributed by atoms with Gasteiger partial charge < -0.3 is 10.1 Å². The average Bonchev–Trinajstić information content (AvgIpc) is 2.44. The van der Waals surface area contributed by atoms with Crippen LogP contribution in [0.4, 0.5) is 0 Å². The zero-order valence-electron chi connectivity index (χ0n) is 13.1. The van der Waals surface area contributed by atoms with Crippen molar-refractivity contribution in [3.05, 3.63) is 35.9 Å². The lowest BCUT2D eigenvalue weighted by Gasteiger charge is -2.21. The molecule has 0 aliphatic rings. The van der Waals surface area contributed by atoms with E-state index in [9.17, 15) is 8.42 Å². The minimum absolute atomic E-state index is 0.275. The van der Waals surface area contributed by atoms with Crippen molar-refractivity contribution in [1.82, 2.24) is 9.62 Å². The van der Waals surface area contributed by atoms with E-state index in [1.165, 1.54) is 4.31 Å². The summed E-state index contributed by atoms with van der Waals surface area (Å²) >= 11 is 0. The highest BCUT2D eigenvalue weighted by Crippen LogP contribution is 2.24. The van der Waals surface area contributed by atoms with Crippen molar-refractivity contribution in [2.75, 3.05) is 27.2 Å². The summed E-state index contributed by atoms with van der Waals surface area (Å²) in [5.41, 5.74) is 1.62. The molecule has 0 aromatic heterocycles. The van der Waals surface area contributed by atoms with Gasteiger partial charge in [0.25, 0.3) is 0 Å². The van der Waals surface area contributed by atoms with Gasteiger partial charge in [0.2, 0.25) is 10.0 Å². The lowest BCUT2D eigenvalue weighted by atomic mass is 10.2. The van der Waals surface area contributed by atoms with Crippen molar-refractivity contribution >= 4 is 10.0 Å². The molecule has 0 bridgehead atoms. The van der Waals surface area contributed by atoms with Crippen LogP contribution < -0.4 is 10.1 Å². The van der Waals surface area contributed by atoms with Gasteiger partial charge in [-0.2, -0.15) is 4.31 Å². The van der Waals surface area contributed by atoms with Crippen LogP contribution in [0.3, 0.4) is 0 Å². The Bertz CT molecular complexity index is 597. The summed E-state index contributed by atoms with van der Waals surface area (Å²) in [6.07, 6.45) is 0. The number of nitrogens with zero attached hydrogens (tertiary/aromatic N) is 1. The molecular formula is C15H24N2O3S. The maximum Gasteiger partial charge on any atom is 0.243 e. The van der Waals surface area contributed by atoms with Gasteiger partial charge in [0, 0.05) is 25.2 Å². The van der Waals surface area contributed by atoms with Crippen LogP contribution in [0.15, 0.2) is 35.2 Å². The molecule has 1 aromatic rings. The Labute approximate surface area is 127 Å². The Morgan fingerprint density at radius 3 is 2.57 bits per heavy atom. The summed E-state index contributed by atoms with van der Waals surface area (Å²) in [5, 5.41) is 3.01. The van der Waals surface area contributed by atoms with E-state index in [4.69, 9.17) is 4.74 Å². The highest BCUT2D eigenvalue weighted by molar-refractivity contribution is 7.89. The second kappa shape index (κ2) is 7.59. The molecule has 0 saturated carbocycles. The normalized spacial score (nSPS) is 11.7. The number of hydrogen-bond acceptors (Lipinski definition) is 4. The highest BCUT2D eigenvalue weighted by Gasteiger charge is 2.23. The van der Waals surface area contributed by atoms with Crippen LogP contribution in [0, 0.1) is 0 Å². The van der Waals surface area contributed by atoms with Gasteiger partial charge in [-0.15, -0.1) is 0 Å². The third kappa shape index (κ3) is 4.30. The van der Waals surface area contributed by atoms with Gasteiger partial charge >= 0.3 is 0 Å². The average molecular weight is 312 g/mol. The standard InChI is InChI=1S/C15H24N2O3S/c1-6-17(11-12(2)3)21(18,19)14-7-8-15(20-5)13(9-14)10-16-4/h7-9,16H,2,6,10-11H2,1,3-5H3. The number of likely N-dealkylation sites (N-methyl/N-ethyl adjacent to an activating group) is 1. The van der Waals surface area contributed by atoms with Crippen molar-refractivity contribution in [3.8, 4) is 5.75 Å². The monoisotopic (exact) mass is 312 g/mol. The van der Waals surface area contributed by atoms with Crippen molar-refractivity contribution in [2.24, 2.45) is 0 Å². The van der Waals surface area contributed by atoms with Gasteiger partial charge in [-0.1, -0.05) is 19.1 Å². The summed E-state index contributed by atoms with van der Waals surface area (Å²) < 4.78 is 32.0. The minimum Gasteiger partial charge on any atom is -0.496 e.